The quantitative estimate of drug-likeness (QED) is 0.804. The van der Waals surface area contributed by atoms with E-state index in [4.69, 9.17) is 0 Å². The molecule has 1 saturated heterocycles. The van der Waals surface area contributed by atoms with Crippen LogP contribution < -0.4 is 10.2 Å². The highest BCUT2D eigenvalue weighted by Crippen LogP contribution is 2.27. The van der Waals surface area contributed by atoms with E-state index in [1.54, 1.807) is 6.33 Å². The van der Waals surface area contributed by atoms with Crippen molar-refractivity contribution in [3.05, 3.63) is 17.6 Å². The van der Waals surface area contributed by atoms with Crippen molar-refractivity contribution in [2.45, 2.75) is 32.4 Å². The topological polar surface area (TPSA) is 44.3 Å². The highest BCUT2D eigenvalue weighted by Gasteiger charge is 2.33. The third kappa shape index (κ3) is 2.32. The number of nitrogens with zero attached hydrogens (tertiary/aromatic N) is 4. The molecular weight excluding hydrogens is 238 g/mol. The van der Waals surface area contributed by atoms with Gasteiger partial charge in [0.05, 0.1) is 5.69 Å². The van der Waals surface area contributed by atoms with Crippen LogP contribution in [0.3, 0.4) is 0 Å². The number of piperazine rings is 1. The molecule has 3 heterocycles. The second-order valence-corrected chi connectivity index (χ2v) is 6.20. The lowest BCUT2D eigenvalue weighted by atomic mass is 9.98. The summed E-state index contributed by atoms with van der Waals surface area (Å²) in [5.74, 6) is 1.14. The number of anilines is 1. The van der Waals surface area contributed by atoms with Gasteiger partial charge in [-0.05, 0) is 20.9 Å². The van der Waals surface area contributed by atoms with Gasteiger partial charge in [-0.25, -0.2) is 9.97 Å². The predicted octanol–water partition coefficient (Wildman–Crippen LogP) is 0.653. The van der Waals surface area contributed by atoms with Crippen LogP contribution in [-0.2, 0) is 13.0 Å². The average molecular weight is 261 g/mol. The summed E-state index contributed by atoms with van der Waals surface area (Å²) in [7, 11) is 2.20. The minimum absolute atomic E-state index is 0.193. The maximum Gasteiger partial charge on any atom is 0.136 e. The number of likely N-dealkylation sites (N-methyl/N-ethyl adjacent to an activating group) is 1. The molecule has 1 aromatic heterocycles. The number of hydrogen-bond acceptors (Lipinski definition) is 5. The molecular formula is C14H23N5. The average Bonchev–Trinajstić information content (AvgIpc) is 2.41. The summed E-state index contributed by atoms with van der Waals surface area (Å²) in [5, 5.41) is 3.43. The van der Waals surface area contributed by atoms with Crippen LogP contribution in [0.1, 0.15) is 25.1 Å². The molecule has 1 N–H and O–H groups in total. The summed E-state index contributed by atoms with van der Waals surface area (Å²) >= 11 is 0. The van der Waals surface area contributed by atoms with Gasteiger partial charge in [0.15, 0.2) is 0 Å². The van der Waals surface area contributed by atoms with Gasteiger partial charge in [0, 0.05) is 50.2 Å². The van der Waals surface area contributed by atoms with E-state index in [9.17, 15) is 0 Å². The van der Waals surface area contributed by atoms with Crippen LogP contribution >= 0.6 is 0 Å². The molecule has 0 amide bonds. The monoisotopic (exact) mass is 261 g/mol. The van der Waals surface area contributed by atoms with E-state index >= 15 is 0 Å². The van der Waals surface area contributed by atoms with Gasteiger partial charge in [-0.2, -0.15) is 0 Å². The standard InChI is InChI=1S/C14H23N5/c1-14(2)9-19(7-6-18(14)3)13-11-8-15-5-4-12(11)16-10-17-13/h10,15H,4-9H2,1-3H3. The Bertz CT molecular complexity index is 471. The molecule has 0 unspecified atom stereocenters. The smallest absolute Gasteiger partial charge is 0.136 e. The Morgan fingerprint density at radius 1 is 1.26 bits per heavy atom. The van der Waals surface area contributed by atoms with E-state index in [0.717, 1.165) is 45.0 Å². The van der Waals surface area contributed by atoms with E-state index in [2.05, 4.69) is 46.0 Å². The molecule has 0 radical (unpaired) electrons. The molecule has 0 aliphatic carbocycles. The van der Waals surface area contributed by atoms with Crippen molar-refractivity contribution in [2.75, 3.05) is 38.1 Å². The second-order valence-electron chi connectivity index (χ2n) is 6.20. The molecule has 2 aliphatic heterocycles. The predicted molar refractivity (Wildman–Crippen MR) is 76.4 cm³/mol. The summed E-state index contributed by atoms with van der Waals surface area (Å²) in [6.07, 6.45) is 2.74. The van der Waals surface area contributed by atoms with Crippen molar-refractivity contribution in [2.24, 2.45) is 0 Å². The minimum Gasteiger partial charge on any atom is -0.353 e. The van der Waals surface area contributed by atoms with Gasteiger partial charge >= 0.3 is 0 Å². The van der Waals surface area contributed by atoms with Crippen LogP contribution in [0.2, 0.25) is 0 Å². The van der Waals surface area contributed by atoms with E-state index in [1.165, 1.54) is 11.3 Å². The Morgan fingerprint density at radius 3 is 2.89 bits per heavy atom. The third-order valence-electron chi connectivity index (χ3n) is 4.47. The first-order valence-corrected chi connectivity index (χ1v) is 7.07. The lowest BCUT2D eigenvalue weighted by molar-refractivity contribution is 0.138. The number of hydrogen-bond donors (Lipinski definition) is 1. The highest BCUT2D eigenvalue weighted by atomic mass is 15.3. The van der Waals surface area contributed by atoms with Gasteiger partial charge in [-0.1, -0.05) is 0 Å². The fourth-order valence-corrected chi connectivity index (χ4v) is 2.95. The second kappa shape index (κ2) is 4.72. The number of aromatic nitrogens is 2. The van der Waals surface area contributed by atoms with Crippen molar-refractivity contribution >= 4 is 5.82 Å². The molecule has 5 heteroatoms. The van der Waals surface area contributed by atoms with Gasteiger partial charge < -0.3 is 10.2 Å². The van der Waals surface area contributed by atoms with Gasteiger partial charge in [-0.15, -0.1) is 0 Å². The number of rotatable bonds is 1. The largest absolute Gasteiger partial charge is 0.353 e. The number of fused-ring (bicyclic) bond motifs is 1. The Kier molecular flexibility index (Phi) is 3.19. The fraction of sp³-hybridized carbons (Fsp3) is 0.714. The van der Waals surface area contributed by atoms with Gasteiger partial charge in [0.25, 0.3) is 0 Å². The molecule has 104 valence electrons. The molecule has 1 aromatic rings. The zero-order valence-corrected chi connectivity index (χ0v) is 12.1. The van der Waals surface area contributed by atoms with Crippen molar-refractivity contribution in [3.63, 3.8) is 0 Å². The van der Waals surface area contributed by atoms with Crippen LogP contribution in [0.25, 0.3) is 0 Å². The van der Waals surface area contributed by atoms with Crippen molar-refractivity contribution < 1.29 is 0 Å². The first-order chi connectivity index (χ1) is 9.08. The molecule has 0 saturated carbocycles. The highest BCUT2D eigenvalue weighted by molar-refractivity contribution is 5.50. The molecule has 1 fully saturated rings. The summed E-state index contributed by atoms with van der Waals surface area (Å²) in [5.41, 5.74) is 2.72. The van der Waals surface area contributed by atoms with Gasteiger partial charge in [-0.3, -0.25) is 4.90 Å². The maximum atomic E-state index is 4.56. The molecule has 0 spiro atoms. The first-order valence-electron chi connectivity index (χ1n) is 7.07. The van der Waals surface area contributed by atoms with Gasteiger partial charge in [0.2, 0.25) is 0 Å². The van der Waals surface area contributed by atoms with E-state index in [-0.39, 0.29) is 5.54 Å². The number of nitrogens with one attached hydrogen (secondary N) is 1. The molecule has 0 atom stereocenters. The van der Waals surface area contributed by atoms with E-state index < -0.39 is 0 Å². The van der Waals surface area contributed by atoms with Crippen molar-refractivity contribution in [1.29, 1.82) is 0 Å². The van der Waals surface area contributed by atoms with E-state index in [1.807, 2.05) is 0 Å². The van der Waals surface area contributed by atoms with Crippen molar-refractivity contribution in [3.8, 4) is 0 Å². The Hall–Kier alpha value is -1.20. The van der Waals surface area contributed by atoms with E-state index in [0.29, 0.717) is 0 Å². The van der Waals surface area contributed by atoms with Crippen molar-refractivity contribution in [1.82, 2.24) is 20.2 Å². The summed E-state index contributed by atoms with van der Waals surface area (Å²) < 4.78 is 0. The summed E-state index contributed by atoms with van der Waals surface area (Å²) in [6, 6.07) is 0. The zero-order valence-electron chi connectivity index (χ0n) is 12.1. The Balaban J connectivity index is 1.90. The lowest BCUT2D eigenvalue weighted by Crippen LogP contribution is -2.58. The Labute approximate surface area is 115 Å². The van der Waals surface area contributed by atoms with Crippen LogP contribution in [0.15, 0.2) is 6.33 Å². The van der Waals surface area contributed by atoms with Crippen LogP contribution in [0, 0.1) is 0 Å². The summed E-state index contributed by atoms with van der Waals surface area (Å²) in [4.78, 5) is 13.9. The fourth-order valence-electron chi connectivity index (χ4n) is 2.95. The molecule has 2 aliphatic rings. The van der Waals surface area contributed by atoms with Crippen LogP contribution in [0.4, 0.5) is 5.82 Å². The molecule has 5 nitrogen and oxygen atoms in total. The normalized spacial score (nSPS) is 23.2. The maximum absolute atomic E-state index is 4.56. The van der Waals surface area contributed by atoms with Crippen LogP contribution in [0.5, 0.6) is 0 Å². The Morgan fingerprint density at radius 2 is 2.11 bits per heavy atom. The summed E-state index contributed by atoms with van der Waals surface area (Å²) in [6.45, 7) is 9.67. The molecule has 3 rings (SSSR count). The van der Waals surface area contributed by atoms with Gasteiger partial charge in [0.1, 0.15) is 12.1 Å². The third-order valence-corrected chi connectivity index (χ3v) is 4.47. The lowest BCUT2D eigenvalue weighted by Gasteiger charge is -2.46. The first kappa shape index (κ1) is 12.8. The zero-order chi connectivity index (χ0) is 13.5. The molecule has 19 heavy (non-hydrogen) atoms. The SMILES string of the molecule is CN1CCN(c2ncnc3c2CNCC3)CC1(C)C. The minimum atomic E-state index is 0.193. The molecule has 0 bridgehead atoms. The van der Waals surface area contributed by atoms with Crippen LogP contribution in [-0.4, -0.2) is 53.6 Å². The molecule has 0 aromatic carbocycles.